The average molecular weight is 178 g/mol. The molecule has 72 valence electrons. The molecule has 1 aromatic rings. The summed E-state index contributed by atoms with van der Waals surface area (Å²) in [5.74, 6) is 0.631. The lowest BCUT2D eigenvalue weighted by molar-refractivity contribution is 0.184. The second-order valence-electron chi connectivity index (χ2n) is 3.44. The Kier molecular flexibility index (Phi) is 3.97. The maximum Gasteiger partial charge on any atom is 0.0715 e. The summed E-state index contributed by atoms with van der Waals surface area (Å²) in [6, 6.07) is 8.51. The summed E-state index contributed by atoms with van der Waals surface area (Å²) in [6.07, 6.45) is 1.18. The number of methoxy groups -OCH3 is 1. The van der Waals surface area contributed by atoms with Crippen LogP contribution in [0.2, 0.25) is 0 Å². The molecule has 0 aliphatic heterocycles. The van der Waals surface area contributed by atoms with Gasteiger partial charge in [0.1, 0.15) is 0 Å². The molecule has 0 aromatic heterocycles. The largest absolute Gasteiger partial charge is 0.380 e. The van der Waals surface area contributed by atoms with Gasteiger partial charge in [-0.15, -0.1) is 0 Å². The van der Waals surface area contributed by atoms with Crippen molar-refractivity contribution in [2.75, 3.05) is 7.11 Å². The Hall–Kier alpha value is -0.820. The highest BCUT2D eigenvalue weighted by atomic mass is 16.5. The van der Waals surface area contributed by atoms with Gasteiger partial charge in [0, 0.05) is 7.11 Å². The van der Waals surface area contributed by atoms with Crippen molar-refractivity contribution in [3.05, 3.63) is 35.4 Å². The number of rotatable bonds is 4. The number of hydrogen-bond donors (Lipinski definition) is 0. The molecule has 0 heterocycles. The van der Waals surface area contributed by atoms with Crippen molar-refractivity contribution in [1.82, 2.24) is 0 Å². The fraction of sp³-hybridized carbons (Fsp3) is 0.500. The van der Waals surface area contributed by atoms with Crippen LogP contribution in [-0.2, 0) is 11.3 Å². The van der Waals surface area contributed by atoms with Crippen molar-refractivity contribution in [3.8, 4) is 0 Å². The molecule has 13 heavy (non-hydrogen) atoms. The first-order valence-electron chi connectivity index (χ1n) is 4.86. The summed E-state index contributed by atoms with van der Waals surface area (Å²) in [5, 5.41) is 0. The van der Waals surface area contributed by atoms with Gasteiger partial charge in [-0.05, 0) is 23.5 Å². The molecule has 0 bridgehead atoms. The molecule has 0 aliphatic carbocycles. The number of benzene rings is 1. The molecule has 1 unspecified atom stereocenters. The first-order valence-corrected chi connectivity index (χ1v) is 4.86. The Morgan fingerprint density at radius 1 is 1.31 bits per heavy atom. The standard InChI is InChI=1S/C12H18O/c1-4-10(2)12-8-6-5-7-11(12)9-13-3/h5-8,10H,4,9H2,1-3H3. The van der Waals surface area contributed by atoms with Gasteiger partial charge in [-0.3, -0.25) is 0 Å². The van der Waals surface area contributed by atoms with E-state index >= 15 is 0 Å². The van der Waals surface area contributed by atoms with Crippen LogP contribution in [0.3, 0.4) is 0 Å². The molecule has 1 rings (SSSR count). The van der Waals surface area contributed by atoms with Gasteiger partial charge < -0.3 is 4.74 Å². The van der Waals surface area contributed by atoms with E-state index < -0.39 is 0 Å². The molecule has 1 heteroatoms. The third-order valence-corrected chi connectivity index (χ3v) is 2.50. The van der Waals surface area contributed by atoms with Crippen molar-refractivity contribution in [2.45, 2.75) is 32.8 Å². The zero-order valence-electron chi connectivity index (χ0n) is 8.71. The van der Waals surface area contributed by atoms with Crippen LogP contribution in [-0.4, -0.2) is 7.11 Å². The van der Waals surface area contributed by atoms with E-state index in [1.165, 1.54) is 17.5 Å². The molecule has 1 atom stereocenters. The minimum Gasteiger partial charge on any atom is -0.380 e. The van der Waals surface area contributed by atoms with Gasteiger partial charge in [-0.2, -0.15) is 0 Å². The summed E-state index contributed by atoms with van der Waals surface area (Å²) in [5.41, 5.74) is 2.74. The maximum absolute atomic E-state index is 5.16. The van der Waals surface area contributed by atoms with Crippen LogP contribution < -0.4 is 0 Å². The molecule has 0 saturated carbocycles. The van der Waals surface area contributed by atoms with E-state index in [0.29, 0.717) is 5.92 Å². The molecule has 0 N–H and O–H groups in total. The Labute approximate surface area is 80.7 Å². The van der Waals surface area contributed by atoms with Crippen LogP contribution in [0.5, 0.6) is 0 Å². The minimum atomic E-state index is 0.631. The minimum absolute atomic E-state index is 0.631. The summed E-state index contributed by atoms with van der Waals surface area (Å²) >= 11 is 0. The quantitative estimate of drug-likeness (QED) is 0.687. The van der Waals surface area contributed by atoms with E-state index in [-0.39, 0.29) is 0 Å². The molecular formula is C12H18O. The molecule has 0 aliphatic rings. The maximum atomic E-state index is 5.16. The van der Waals surface area contributed by atoms with E-state index in [1.807, 2.05) is 0 Å². The van der Waals surface area contributed by atoms with Gasteiger partial charge in [0.25, 0.3) is 0 Å². The lowest BCUT2D eigenvalue weighted by Crippen LogP contribution is -1.99. The van der Waals surface area contributed by atoms with E-state index in [1.54, 1.807) is 7.11 Å². The molecule has 0 radical (unpaired) electrons. The normalized spacial score (nSPS) is 12.8. The van der Waals surface area contributed by atoms with Crippen molar-refractivity contribution >= 4 is 0 Å². The van der Waals surface area contributed by atoms with Gasteiger partial charge >= 0.3 is 0 Å². The Balaban J connectivity index is 2.90. The first kappa shape index (κ1) is 10.3. The topological polar surface area (TPSA) is 9.23 Å². The monoisotopic (exact) mass is 178 g/mol. The zero-order chi connectivity index (χ0) is 9.68. The lowest BCUT2D eigenvalue weighted by atomic mass is 9.94. The SMILES string of the molecule is CCC(C)c1ccccc1COC. The Morgan fingerprint density at radius 2 is 2.00 bits per heavy atom. The fourth-order valence-electron chi connectivity index (χ4n) is 1.52. The van der Waals surface area contributed by atoms with Crippen molar-refractivity contribution in [3.63, 3.8) is 0 Å². The van der Waals surface area contributed by atoms with Gasteiger partial charge in [0.2, 0.25) is 0 Å². The predicted octanol–water partition coefficient (Wildman–Crippen LogP) is 3.35. The van der Waals surface area contributed by atoms with Gasteiger partial charge in [0.15, 0.2) is 0 Å². The van der Waals surface area contributed by atoms with Crippen molar-refractivity contribution < 1.29 is 4.74 Å². The summed E-state index contributed by atoms with van der Waals surface area (Å²) in [7, 11) is 1.74. The highest BCUT2D eigenvalue weighted by Gasteiger charge is 2.07. The molecule has 0 saturated heterocycles. The summed E-state index contributed by atoms with van der Waals surface area (Å²) in [6.45, 7) is 5.20. The molecular weight excluding hydrogens is 160 g/mol. The second-order valence-corrected chi connectivity index (χ2v) is 3.44. The summed E-state index contributed by atoms with van der Waals surface area (Å²) < 4.78 is 5.16. The van der Waals surface area contributed by atoms with Gasteiger partial charge in [-0.1, -0.05) is 38.1 Å². The number of hydrogen-bond acceptors (Lipinski definition) is 1. The Morgan fingerprint density at radius 3 is 2.62 bits per heavy atom. The van der Waals surface area contributed by atoms with Gasteiger partial charge in [0.05, 0.1) is 6.61 Å². The van der Waals surface area contributed by atoms with E-state index in [4.69, 9.17) is 4.74 Å². The van der Waals surface area contributed by atoms with E-state index in [9.17, 15) is 0 Å². The second kappa shape index (κ2) is 5.03. The molecule has 0 amide bonds. The van der Waals surface area contributed by atoms with Crippen LogP contribution in [0.4, 0.5) is 0 Å². The average Bonchev–Trinajstić information content (AvgIpc) is 2.18. The molecule has 0 spiro atoms. The highest BCUT2D eigenvalue weighted by Crippen LogP contribution is 2.22. The Bertz CT molecular complexity index is 255. The number of ether oxygens (including phenoxy) is 1. The highest BCUT2D eigenvalue weighted by molar-refractivity contribution is 5.29. The molecule has 0 fully saturated rings. The van der Waals surface area contributed by atoms with E-state index in [2.05, 4.69) is 38.1 Å². The van der Waals surface area contributed by atoms with Gasteiger partial charge in [-0.25, -0.2) is 0 Å². The summed E-state index contributed by atoms with van der Waals surface area (Å²) in [4.78, 5) is 0. The van der Waals surface area contributed by atoms with E-state index in [0.717, 1.165) is 6.61 Å². The fourth-order valence-corrected chi connectivity index (χ4v) is 1.52. The lowest BCUT2D eigenvalue weighted by Gasteiger charge is -2.13. The van der Waals surface area contributed by atoms with Crippen molar-refractivity contribution in [1.29, 1.82) is 0 Å². The van der Waals surface area contributed by atoms with Crippen LogP contribution in [0.15, 0.2) is 24.3 Å². The third-order valence-electron chi connectivity index (χ3n) is 2.50. The predicted molar refractivity (Wildman–Crippen MR) is 55.9 cm³/mol. The van der Waals surface area contributed by atoms with Crippen LogP contribution in [0.25, 0.3) is 0 Å². The van der Waals surface area contributed by atoms with Crippen LogP contribution in [0, 0.1) is 0 Å². The molecule has 1 nitrogen and oxygen atoms in total. The van der Waals surface area contributed by atoms with Crippen LogP contribution >= 0.6 is 0 Å². The van der Waals surface area contributed by atoms with Crippen molar-refractivity contribution in [2.24, 2.45) is 0 Å². The molecule has 1 aromatic carbocycles. The van der Waals surface area contributed by atoms with Crippen LogP contribution in [0.1, 0.15) is 37.3 Å². The zero-order valence-corrected chi connectivity index (χ0v) is 8.71. The third kappa shape index (κ3) is 2.56. The smallest absolute Gasteiger partial charge is 0.0715 e. The first-order chi connectivity index (χ1) is 6.29.